The van der Waals surface area contributed by atoms with Crippen LogP contribution in [0.25, 0.3) is 33.4 Å². The van der Waals surface area contributed by atoms with E-state index in [1.54, 1.807) is 19.4 Å². The van der Waals surface area contributed by atoms with Crippen molar-refractivity contribution in [2.75, 3.05) is 49.3 Å². The first-order chi connectivity index (χ1) is 16.6. The summed E-state index contributed by atoms with van der Waals surface area (Å²) in [5.41, 5.74) is 9.78. The molecule has 2 amide bonds. The number of benzene rings is 2. The van der Waals surface area contributed by atoms with Crippen LogP contribution >= 0.6 is 0 Å². The van der Waals surface area contributed by atoms with Crippen LogP contribution in [0.3, 0.4) is 0 Å². The summed E-state index contributed by atoms with van der Waals surface area (Å²) in [7, 11) is 1.58. The second-order valence-corrected chi connectivity index (χ2v) is 7.82. The van der Waals surface area contributed by atoms with Crippen LogP contribution in [0, 0.1) is 0 Å². The number of anilines is 3. The molecule has 4 aromatic rings. The molecular formula is C24H24N8O2. The molecule has 172 valence electrons. The van der Waals surface area contributed by atoms with E-state index < -0.39 is 0 Å². The summed E-state index contributed by atoms with van der Waals surface area (Å²) in [6, 6.07) is 13.5. The van der Waals surface area contributed by atoms with Gasteiger partial charge in [0.2, 0.25) is 5.95 Å². The molecule has 2 aromatic heterocycles. The highest BCUT2D eigenvalue weighted by Crippen LogP contribution is 2.32. The quantitative estimate of drug-likeness (QED) is 0.427. The van der Waals surface area contributed by atoms with Gasteiger partial charge in [0, 0.05) is 43.6 Å². The van der Waals surface area contributed by atoms with Crippen molar-refractivity contribution in [3.8, 4) is 22.5 Å². The van der Waals surface area contributed by atoms with Crippen molar-refractivity contribution in [3.05, 3.63) is 54.9 Å². The highest BCUT2D eigenvalue weighted by molar-refractivity contribution is 5.94. The Hall–Kier alpha value is -4.31. The number of ether oxygens (including phenoxy) is 1. The molecule has 0 bridgehead atoms. The predicted molar refractivity (Wildman–Crippen MR) is 132 cm³/mol. The van der Waals surface area contributed by atoms with Crippen LogP contribution in [0.1, 0.15) is 0 Å². The second-order valence-electron chi connectivity index (χ2n) is 7.82. The maximum absolute atomic E-state index is 11.7. The Kier molecular flexibility index (Phi) is 5.88. The molecule has 34 heavy (non-hydrogen) atoms. The molecule has 1 aliphatic rings. The number of nitrogens with zero attached hydrogens (tertiary/aromatic N) is 5. The Labute approximate surface area is 196 Å². The van der Waals surface area contributed by atoms with Gasteiger partial charge >= 0.3 is 6.03 Å². The second kappa shape index (κ2) is 9.28. The zero-order chi connectivity index (χ0) is 23.5. The number of rotatable bonds is 4. The van der Waals surface area contributed by atoms with E-state index in [0.717, 1.165) is 40.9 Å². The average Bonchev–Trinajstić information content (AvgIpc) is 2.88. The first kappa shape index (κ1) is 21.5. The van der Waals surface area contributed by atoms with Crippen LogP contribution < -0.4 is 21.3 Å². The van der Waals surface area contributed by atoms with Crippen molar-refractivity contribution in [2.45, 2.75) is 0 Å². The largest absolute Gasteiger partial charge is 0.378 e. The molecule has 0 radical (unpaired) electrons. The maximum atomic E-state index is 11.7. The molecule has 1 aliphatic heterocycles. The third-order valence-corrected chi connectivity index (χ3v) is 5.60. The van der Waals surface area contributed by atoms with Gasteiger partial charge in [0.05, 0.1) is 24.3 Å². The van der Waals surface area contributed by atoms with Gasteiger partial charge in [0.25, 0.3) is 0 Å². The number of hydrogen-bond acceptors (Lipinski definition) is 8. The monoisotopic (exact) mass is 456 g/mol. The lowest BCUT2D eigenvalue weighted by atomic mass is 10.0. The van der Waals surface area contributed by atoms with E-state index in [0.29, 0.717) is 30.3 Å². The number of urea groups is 1. The lowest BCUT2D eigenvalue weighted by molar-refractivity contribution is 0.122. The fourth-order valence-electron chi connectivity index (χ4n) is 3.86. The number of aromatic nitrogens is 4. The topological polar surface area (TPSA) is 131 Å². The van der Waals surface area contributed by atoms with Gasteiger partial charge in [0.1, 0.15) is 5.82 Å². The van der Waals surface area contributed by atoms with E-state index >= 15 is 0 Å². The number of amides is 2. The summed E-state index contributed by atoms with van der Waals surface area (Å²) in [6.45, 7) is 2.79. The van der Waals surface area contributed by atoms with Gasteiger partial charge in [-0.25, -0.2) is 24.7 Å². The molecule has 0 saturated carbocycles. The molecule has 0 spiro atoms. The molecule has 2 aromatic carbocycles. The van der Waals surface area contributed by atoms with Crippen molar-refractivity contribution < 1.29 is 9.53 Å². The van der Waals surface area contributed by atoms with Gasteiger partial charge in [-0.1, -0.05) is 18.2 Å². The molecule has 10 heteroatoms. The number of morpholine rings is 1. The summed E-state index contributed by atoms with van der Waals surface area (Å²) >= 11 is 0. The van der Waals surface area contributed by atoms with Crippen molar-refractivity contribution >= 4 is 34.4 Å². The fourth-order valence-corrected chi connectivity index (χ4v) is 3.86. The minimum atomic E-state index is -0.270. The fraction of sp³-hybridized carbons (Fsp3) is 0.208. The third kappa shape index (κ3) is 4.44. The lowest BCUT2D eigenvalue weighted by Gasteiger charge is -2.29. The average molecular weight is 457 g/mol. The van der Waals surface area contributed by atoms with Gasteiger partial charge < -0.3 is 26.0 Å². The highest BCUT2D eigenvalue weighted by atomic mass is 16.5. The van der Waals surface area contributed by atoms with E-state index in [1.165, 1.54) is 0 Å². The minimum Gasteiger partial charge on any atom is -0.378 e. The minimum absolute atomic E-state index is 0.200. The van der Waals surface area contributed by atoms with E-state index in [2.05, 4.69) is 25.5 Å². The first-order valence-electron chi connectivity index (χ1n) is 10.9. The summed E-state index contributed by atoms with van der Waals surface area (Å²) in [5.74, 6) is 1.58. The van der Waals surface area contributed by atoms with Crippen LogP contribution in [0.4, 0.5) is 22.2 Å². The number of nitrogens with one attached hydrogen (secondary N) is 2. The Bertz CT molecular complexity index is 1340. The molecule has 1 fully saturated rings. The maximum Gasteiger partial charge on any atom is 0.318 e. The molecule has 0 aliphatic carbocycles. The highest BCUT2D eigenvalue weighted by Gasteiger charge is 2.19. The van der Waals surface area contributed by atoms with Crippen molar-refractivity contribution in [1.29, 1.82) is 0 Å². The van der Waals surface area contributed by atoms with E-state index in [-0.39, 0.29) is 12.0 Å². The summed E-state index contributed by atoms with van der Waals surface area (Å²) < 4.78 is 5.53. The number of nitrogen functional groups attached to an aromatic ring is 1. The van der Waals surface area contributed by atoms with E-state index in [1.807, 2.05) is 42.5 Å². The number of fused-ring (bicyclic) bond motifs is 1. The Morgan fingerprint density at radius 1 is 1.00 bits per heavy atom. The third-order valence-electron chi connectivity index (χ3n) is 5.60. The van der Waals surface area contributed by atoms with Gasteiger partial charge in [0.15, 0.2) is 5.82 Å². The number of carbonyl (C=O) groups excluding carboxylic acids is 1. The Balaban J connectivity index is 1.61. The van der Waals surface area contributed by atoms with Crippen molar-refractivity contribution in [3.63, 3.8) is 0 Å². The van der Waals surface area contributed by atoms with Crippen LogP contribution in [0.15, 0.2) is 54.9 Å². The Morgan fingerprint density at radius 3 is 2.53 bits per heavy atom. The first-order valence-corrected chi connectivity index (χ1v) is 10.9. The van der Waals surface area contributed by atoms with Gasteiger partial charge in [-0.05, 0) is 35.4 Å². The molecular weight excluding hydrogens is 432 g/mol. The van der Waals surface area contributed by atoms with Gasteiger partial charge in [-0.3, -0.25) is 0 Å². The molecule has 4 N–H and O–H groups in total. The standard InChI is InChI=1S/C24H24N8O2/c1-26-24(33)29-18-4-2-3-15(11-18)16-5-6-19-20(12-16)30-21(17-13-27-23(25)28-14-17)31-22(19)32-7-9-34-10-8-32/h2-6,11-14H,7-10H2,1H3,(H2,25,27,28)(H2,26,29,33). The molecule has 0 atom stereocenters. The van der Waals surface area contributed by atoms with E-state index in [4.69, 9.17) is 20.4 Å². The number of hydrogen-bond donors (Lipinski definition) is 3. The van der Waals surface area contributed by atoms with Crippen LogP contribution in [0.2, 0.25) is 0 Å². The number of nitrogens with two attached hydrogens (primary N) is 1. The van der Waals surface area contributed by atoms with Gasteiger partial charge in [-0.15, -0.1) is 0 Å². The normalized spacial score (nSPS) is 13.6. The van der Waals surface area contributed by atoms with E-state index in [9.17, 15) is 4.79 Å². The van der Waals surface area contributed by atoms with Crippen LogP contribution in [0.5, 0.6) is 0 Å². The smallest absolute Gasteiger partial charge is 0.318 e. The Morgan fingerprint density at radius 2 is 1.76 bits per heavy atom. The zero-order valence-corrected chi connectivity index (χ0v) is 18.7. The molecule has 10 nitrogen and oxygen atoms in total. The molecule has 5 rings (SSSR count). The predicted octanol–water partition coefficient (Wildman–Crippen LogP) is 2.92. The van der Waals surface area contributed by atoms with Crippen LogP contribution in [-0.2, 0) is 4.74 Å². The molecule has 1 saturated heterocycles. The van der Waals surface area contributed by atoms with Crippen molar-refractivity contribution in [2.24, 2.45) is 0 Å². The van der Waals surface area contributed by atoms with Crippen molar-refractivity contribution in [1.82, 2.24) is 25.3 Å². The molecule has 3 heterocycles. The summed E-state index contributed by atoms with van der Waals surface area (Å²) in [6.07, 6.45) is 3.26. The zero-order valence-electron chi connectivity index (χ0n) is 18.7. The van der Waals surface area contributed by atoms with Crippen LogP contribution in [-0.4, -0.2) is 59.3 Å². The molecule has 0 unspecified atom stereocenters. The number of carbonyl (C=O) groups is 1. The summed E-state index contributed by atoms with van der Waals surface area (Å²) in [5, 5.41) is 6.32. The van der Waals surface area contributed by atoms with Gasteiger partial charge in [-0.2, -0.15) is 0 Å². The SMILES string of the molecule is CNC(=O)Nc1cccc(-c2ccc3c(N4CCOCC4)nc(-c4cnc(N)nc4)nc3c2)c1. The lowest BCUT2D eigenvalue weighted by Crippen LogP contribution is -2.37. The summed E-state index contributed by atoms with van der Waals surface area (Å²) in [4.78, 5) is 31.8.